The number of hydrogen-bond donors (Lipinski definition) is 2. The number of nitrogen functional groups attached to an aromatic ring is 1. The minimum Gasteiger partial charge on any atom is -0.464 e. The molecular weight excluding hydrogens is 597 g/mol. The van der Waals surface area contributed by atoms with Gasteiger partial charge in [-0.1, -0.05) is 119 Å². The maximum atomic E-state index is 6.78. The van der Waals surface area contributed by atoms with Gasteiger partial charge in [0.15, 0.2) is 6.23 Å². The van der Waals surface area contributed by atoms with E-state index in [9.17, 15) is 0 Å². The lowest BCUT2D eigenvalue weighted by Crippen LogP contribution is -2.15. The highest BCUT2D eigenvalue weighted by molar-refractivity contribution is 5.92. The number of benzene rings is 6. The van der Waals surface area contributed by atoms with Crippen LogP contribution in [0, 0.1) is 0 Å². The van der Waals surface area contributed by atoms with Gasteiger partial charge < -0.3 is 15.8 Å². The second-order valence-corrected chi connectivity index (χ2v) is 14.8. The standard InChI is InChI=1S/C46H40N2O/c1-6-11-29-22-30(18-21-41(29)47)44-48-43-36(28-17-20-35-33-13-8-10-15-38(33)46(4,5)40(35)25-28)23-31(26-42(43)49-44)27-16-19-34-32-12-7-9-14-37(32)45(2,3)39(34)24-27/h6-26,44,48H,47H2,1-5H3/b11-6-. The smallest absolute Gasteiger partial charge is 0.196 e. The van der Waals surface area contributed by atoms with Crippen LogP contribution in [0.5, 0.6) is 5.75 Å². The van der Waals surface area contributed by atoms with Gasteiger partial charge in [-0.2, -0.15) is 0 Å². The molecule has 0 saturated carbocycles. The van der Waals surface area contributed by atoms with E-state index >= 15 is 0 Å². The van der Waals surface area contributed by atoms with Gasteiger partial charge in [-0.3, -0.25) is 0 Å². The largest absolute Gasteiger partial charge is 0.464 e. The van der Waals surface area contributed by atoms with Crippen LogP contribution < -0.4 is 15.8 Å². The average Bonchev–Trinajstić information content (AvgIpc) is 3.72. The Hall–Kier alpha value is -5.54. The molecule has 2 aliphatic carbocycles. The fraction of sp³-hybridized carbons (Fsp3) is 0.174. The van der Waals surface area contributed by atoms with Gasteiger partial charge in [0.2, 0.25) is 0 Å². The quantitative estimate of drug-likeness (QED) is 0.189. The highest BCUT2D eigenvalue weighted by Crippen LogP contribution is 2.53. The minimum atomic E-state index is -0.336. The third-order valence-corrected chi connectivity index (χ3v) is 11.2. The lowest BCUT2D eigenvalue weighted by molar-refractivity contribution is 0.260. The second-order valence-electron chi connectivity index (χ2n) is 14.8. The fourth-order valence-electron chi connectivity index (χ4n) is 8.53. The molecule has 0 radical (unpaired) electrons. The Morgan fingerprint density at radius 3 is 1.84 bits per heavy atom. The van der Waals surface area contributed by atoms with Crippen LogP contribution in [0.1, 0.15) is 74.2 Å². The molecule has 3 N–H and O–H groups in total. The van der Waals surface area contributed by atoms with Crippen molar-refractivity contribution in [2.24, 2.45) is 0 Å². The molecule has 1 heterocycles. The molecule has 240 valence electrons. The van der Waals surface area contributed by atoms with Gasteiger partial charge in [-0.05, 0) is 110 Å². The van der Waals surface area contributed by atoms with Crippen molar-refractivity contribution in [3.8, 4) is 50.3 Å². The van der Waals surface area contributed by atoms with Crippen LogP contribution in [-0.2, 0) is 10.8 Å². The van der Waals surface area contributed by atoms with Crippen LogP contribution in [0.3, 0.4) is 0 Å². The van der Waals surface area contributed by atoms with E-state index in [-0.39, 0.29) is 17.1 Å². The second kappa shape index (κ2) is 10.5. The van der Waals surface area contributed by atoms with Gasteiger partial charge >= 0.3 is 0 Å². The van der Waals surface area contributed by atoms with Gasteiger partial charge in [0.05, 0.1) is 5.69 Å². The summed E-state index contributed by atoms with van der Waals surface area (Å²) in [6.07, 6.45) is 3.72. The monoisotopic (exact) mass is 636 g/mol. The van der Waals surface area contributed by atoms with E-state index in [4.69, 9.17) is 10.5 Å². The van der Waals surface area contributed by atoms with Gasteiger partial charge in [-0.25, -0.2) is 0 Å². The Labute approximate surface area is 289 Å². The van der Waals surface area contributed by atoms with E-state index in [0.717, 1.165) is 39.4 Å². The van der Waals surface area contributed by atoms with Crippen LogP contribution in [0.4, 0.5) is 11.4 Å². The summed E-state index contributed by atoms with van der Waals surface area (Å²) in [6.45, 7) is 11.4. The zero-order valence-electron chi connectivity index (χ0n) is 28.7. The molecule has 9 rings (SSSR count). The summed E-state index contributed by atoms with van der Waals surface area (Å²) in [4.78, 5) is 0. The van der Waals surface area contributed by atoms with Crippen molar-refractivity contribution in [2.75, 3.05) is 11.1 Å². The Morgan fingerprint density at radius 2 is 1.18 bits per heavy atom. The number of rotatable bonds is 4. The number of ether oxygens (including phenoxy) is 1. The van der Waals surface area contributed by atoms with Crippen molar-refractivity contribution in [1.29, 1.82) is 0 Å². The number of fused-ring (bicyclic) bond motifs is 7. The lowest BCUT2D eigenvalue weighted by Gasteiger charge is -2.23. The summed E-state index contributed by atoms with van der Waals surface area (Å²) in [6, 6.07) is 42.3. The number of allylic oxidation sites excluding steroid dienone is 1. The van der Waals surface area contributed by atoms with Gasteiger partial charge in [-0.15, -0.1) is 0 Å². The zero-order chi connectivity index (χ0) is 33.7. The molecule has 3 heteroatoms. The SMILES string of the molecule is C/C=C\c1cc(C2Nc3c(cc(-c4ccc5c(c4)C(C)(C)c4ccccc4-5)cc3-c3ccc4c(c3)C(C)(C)c3ccccc3-4)O2)ccc1N. The molecule has 1 aliphatic heterocycles. The van der Waals surface area contributed by atoms with E-state index in [2.05, 4.69) is 142 Å². The summed E-state index contributed by atoms with van der Waals surface area (Å²) in [7, 11) is 0. The molecule has 3 nitrogen and oxygen atoms in total. The highest BCUT2D eigenvalue weighted by Gasteiger charge is 2.37. The van der Waals surface area contributed by atoms with Crippen molar-refractivity contribution >= 4 is 17.5 Å². The molecule has 1 unspecified atom stereocenters. The van der Waals surface area contributed by atoms with Gasteiger partial charge in [0, 0.05) is 27.6 Å². The maximum Gasteiger partial charge on any atom is 0.196 e. The first-order valence-electron chi connectivity index (χ1n) is 17.3. The Morgan fingerprint density at radius 1 is 0.592 bits per heavy atom. The van der Waals surface area contributed by atoms with E-state index in [0.29, 0.717) is 0 Å². The maximum absolute atomic E-state index is 6.78. The Kier molecular flexibility index (Phi) is 6.33. The van der Waals surface area contributed by atoms with Crippen molar-refractivity contribution in [2.45, 2.75) is 51.7 Å². The summed E-state index contributed by atoms with van der Waals surface area (Å²) in [5.74, 6) is 0.855. The summed E-state index contributed by atoms with van der Waals surface area (Å²) in [5, 5.41) is 3.77. The predicted molar refractivity (Wildman–Crippen MR) is 205 cm³/mol. The van der Waals surface area contributed by atoms with E-state index in [1.54, 1.807) is 0 Å². The number of nitrogens with one attached hydrogen (secondary N) is 1. The first-order valence-corrected chi connectivity index (χ1v) is 17.3. The fourth-order valence-corrected chi connectivity index (χ4v) is 8.53. The predicted octanol–water partition coefficient (Wildman–Crippen LogP) is 11.8. The van der Waals surface area contributed by atoms with Crippen LogP contribution in [0.25, 0.3) is 50.6 Å². The number of nitrogens with two attached hydrogens (primary N) is 1. The van der Waals surface area contributed by atoms with Crippen LogP contribution in [0.2, 0.25) is 0 Å². The molecule has 0 aromatic heterocycles. The van der Waals surface area contributed by atoms with E-state index in [1.807, 2.05) is 25.1 Å². The summed E-state index contributed by atoms with van der Waals surface area (Å²) < 4.78 is 6.78. The van der Waals surface area contributed by atoms with Gasteiger partial charge in [0.25, 0.3) is 0 Å². The van der Waals surface area contributed by atoms with E-state index < -0.39 is 0 Å². The molecule has 0 bridgehead atoms. The van der Waals surface area contributed by atoms with Crippen molar-refractivity contribution < 1.29 is 4.74 Å². The highest BCUT2D eigenvalue weighted by atomic mass is 16.5. The molecule has 0 amide bonds. The van der Waals surface area contributed by atoms with Crippen molar-refractivity contribution in [1.82, 2.24) is 0 Å². The van der Waals surface area contributed by atoms with Crippen LogP contribution in [-0.4, -0.2) is 0 Å². The van der Waals surface area contributed by atoms with Crippen LogP contribution in [0.15, 0.2) is 121 Å². The zero-order valence-corrected chi connectivity index (χ0v) is 28.7. The topological polar surface area (TPSA) is 47.3 Å². The number of anilines is 2. The average molecular weight is 637 g/mol. The molecule has 0 saturated heterocycles. The first-order chi connectivity index (χ1) is 23.6. The van der Waals surface area contributed by atoms with E-state index in [1.165, 1.54) is 55.6 Å². The Balaban J connectivity index is 1.20. The van der Waals surface area contributed by atoms with Crippen molar-refractivity contribution in [3.05, 3.63) is 155 Å². The first kappa shape index (κ1) is 29.6. The molecule has 3 aliphatic rings. The third kappa shape index (κ3) is 4.35. The Bertz CT molecular complexity index is 2380. The molecule has 49 heavy (non-hydrogen) atoms. The molecule has 1 atom stereocenters. The molecule has 6 aromatic rings. The molecule has 0 spiro atoms. The van der Waals surface area contributed by atoms with Crippen LogP contribution >= 0.6 is 0 Å². The molecular formula is C46H40N2O. The number of hydrogen-bond acceptors (Lipinski definition) is 3. The summed E-state index contributed by atoms with van der Waals surface area (Å²) in [5.41, 5.74) is 25.4. The minimum absolute atomic E-state index is 0.0784. The molecule has 6 aromatic carbocycles. The van der Waals surface area contributed by atoms with Gasteiger partial charge in [0.1, 0.15) is 5.75 Å². The normalized spacial score (nSPS) is 17.1. The molecule has 0 fully saturated rings. The lowest BCUT2D eigenvalue weighted by atomic mass is 9.81. The third-order valence-electron chi connectivity index (χ3n) is 11.2. The van der Waals surface area contributed by atoms with Crippen molar-refractivity contribution in [3.63, 3.8) is 0 Å². The summed E-state index contributed by atoms with van der Waals surface area (Å²) >= 11 is 0.